The molecule has 0 saturated heterocycles. The zero-order chi connectivity index (χ0) is 15.6. The number of aliphatic hydroxyl groups is 1. The first-order valence-electron chi connectivity index (χ1n) is 6.93. The van der Waals surface area contributed by atoms with Crippen molar-refractivity contribution in [1.29, 1.82) is 0 Å². The summed E-state index contributed by atoms with van der Waals surface area (Å²) in [6.45, 7) is 0. The summed E-state index contributed by atoms with van der Waals surface area (Å²) in [5, 5.41) is 20.3. The third kappa shape index (κ3) is 3.22. The highest BCUT2D eigenvalue weighted by Gasteiger charge is 2.36. The Morgan fingerprint density at radius 2 is 2.14 bits per heavy atom. The summed E-state index contributed by atoms with van der Waals surface area (Å²) >= 11 is 3.20. The lowest BCUT2D eigenvalue weighted by Crippen LogP contribution is -2.52. The number of para-hydroxylation sites is 1. The topological polar surface area (TPSA) is 70.0 Å². The van der Waals surface area contributed by atoms with Crippen molar-refractivity contribution in [3.8, 4) is 5.75 Å². The molecular weight excluding hydrogens is 338 g/mol. The van der Waals surface area contributed by atoms with Gasteiger partial charge in [0.1, 0.15) is 11.9 Å². The van der Waals surface area contributed by atoms with Crippen LogP contribution in [0.3, 0.4) is 0 Å². The van der Waals surface area contributed by atoms with E-state index in [-0.39, 0.29) is 29.4 Å². The van der Waals surface area contributed by atoms with Crippen LogP contribution in [0, 0.1) is 0 Å². The molecule has 1 aromatic carbocycles. The van der Waals surface area contributed by atoms with Crippen LogP contribution in [0.15, 0.2) is 22.7 Å². The molecule has 0 spiro atoms. The van der Waals surface area contributed by atoms with E-state index in [1.165, 1.54) is 4.90 Å². The van der Waals surface area contributed by atoms with E-state index in [2.05, 4.69) is 15.9 Å². The van der Waals surface area contributed by atoms with Gasteiger partial charge in [0.05, 0.1) is 22.2 Å². The molecule has 1 aromatic rings. The first kappa shape index (κ1) is 16.3. The number of hydrogen-bond acceptors (Lipinski definition) is 4. The van der Waals surface area contributed by atoms with Gasteiger partial charge in [-0.25, -0.2) is 0 Å². The van der Waals surface area contributed by atoms with Crippen LogP contribution in [0.5, 0.6) is 5.75 Å². The predicted molar refractivity (Wildman–Crippen MR) is 82.3 cm³/mol. The maximum atomic E-state index is 12.6. The molecule has 116 valence electrons. The molecule has 1 amide bonds. The smallest absolute Gasteiger partial charge is 0.257 e. The second kappa shape index (κ2) is 6.77. The van der Waals surface area contributed by atoms with Crippen molar-refractivity contribution in [2.24, 2.45) is 0 Å². The number of carbonyl (C=O) groups excluding carboxylic acids is 1. The lowest BCUT2D eigenvalue weighted by atomic mass is 9.88. The summed E-state index contributed by atoms with van der Waals surface area (Å²) in [5.74, 6) is -0.391. The van der Waals surface area contributed by atoms with E-state index in [9.17, 15) is 15.0 Å². The lowest BCUT2D eigenvalue weighted by molar-refractivity contribution is -0.0714. The maximum Gasteiger partial charge on any atom is 0.257 e. The summed E-state index contributed by atoms with van der Waals surface area (Å²) in [6, 6.07) is 4.62. The van der Waals surface area contributed by atoms with Crippen LogP contribution in [0.2, 0.25) is 0 Å². The summed E-state index contributed by atoms with van der Waals surface area (Å²) in [6.07, 6.45) is 1.43. The molecule has 2 N–H and O–H groups in total. The highest BCUT2D eigenvalue weighted by molar-refractivity contribution is 9.10. The molecule has 0 aromatic heterocycles. The van der Waals surface area contributed by atoms with Crippen LogP contribution in [0.25, 0.3) is 0 Å². The number of methoxy groups -OCH3 is 1. The minimum Gasteiger partial charge on any atom is -0.506 e. The van der Waals surface area contributed by atoms with E-state index in [1.807, 2.05) is 0 Å². The Labute approximate surface area is 132 Å². The first-order chi connectivity index (χ1) is 9.97. The van der Waals surface area contributed by atoms with Gasteiger partial charge < -0.3 is 19.8 Å². The molecular formula is C15H20BrNO4. The number of ether oxygens (including phenoxy) is 1. The number of aliphatic hydroxyl groups excluding tert-OH is 1. The van der Waals surface area contributed by atoms with Gasteiger partial charge in [-0.05, 0) is 47.3 Å². The lowest BCUT2D eigenvalue weighted by Gasteiger charge is -2.39. The fourth-order valence-electron chi connectivity index (χ4n) is 2.83. The molecule has 3 atom stereocenters. The number of aromatic hydroxyl groups is 1. The fourth-order valence-corrected chi connectivity index (χ4v) is 3.19. The van der Waals surface area contributed by atoms with Crippen LogP contribution >= 0.6 is 15.9 Å². The van der Waals surface area contributed by atoms with Gasteiger partial charge in [0.15, 0.2) is 0 Å². The summed E-state index contributed by atoms with van der Waals surface area (Å²) in [4.78, 5) is 14.0. The number of carbonyl (C=O) groups is 1. The molecule has 0 radical (unpaired) electrons. The quantitative estimate of drug-likeness (QED) is 0.869. The van der Waals surface area contributed by atoms with Crippen LogP contribution < -0.4 is 0 Å². The molecule has 0 aliphatic heterocycles. The molecule has 1 saturated carbocycles. The first-order valence-corrected chi connectivity index (χ1v) is 7.72. The number of likely N-dealkylation sites (N-methyl/N-ethyl adjacent to an activating group) is 1. The number of phenols is 1. The Kier molecular flexibility index (Phi) is 5.24. The number of phenolic OH excluding ortho intramolecular Hbond substituents is 1. The van der Waals surface area contributed by atoms with Gasteiger partial charge >= 0.3 is 0 Å². The summed E-state index contributed by atoms with van der Waals surface area (Å²) in [5.41, 5.74) is 0.221. The number of halogens is 1. The highest BCUT2D eigenvalue weighted by atomic mass is 79.9. The molecule has 5 nitrogen and oxygen atoms in total. The van der Waals surface area contributed by atoms with Crippen molar-refractivity contribution >= 4 is 21.8 Å². The van der Waals surface area contributed by atoms with Crippen molar-refractivity contribution in [2.45, 2.75) is 37.5 Å². The second-order valence-electron chi connectivity index (χ2n) is 5.32. The predicted octanol–water partition coefficient (Wildman–Crippen LogP) is 2.16. The number of nitrogens with zero attached hydrogens (tertiary/aromatic N) is 1. The van der Waals surface area contributed by atoms with E-state index in [1.54, 1.807) is 32.4 Å². The average molecular weight is 358 g/mol. The Hall–Kier alpha value is -1.11. The number of hydrogen-bond donors (Lipinski definition) is 2. The molecule has 1 aliphatic carbocycles. The van der Waals surface area contributed by atoms with Gasteiger partial charge in [-0.1, -0.05) is 6.07 Å². The minimum atomic E-state index is -0.716. The Morgan fingerprint density at radius 1 is 1.43 bits per heavy atom. The van der Waals surface area contributed by atoms with Crippen LogP contribution in [0.1, 0.15) is 29.6 Å². The van der Waals surface area contributed by atoms with E-state index < -0.39 is 6.10 Å². The number of rotatable bonds is 3. The molecule has 0 heterocycles. The van der Waals surface area contributed by atoms with Gasteiger partial charge in [0.25, 0.3) is 5.91 Å². The number of benzene rings is 1. The van der Waals surface area contributed by atoms with Gasteiger partial charge in [-0.15, -0.1) is 0 Å². The maximum absolute atomic E-state index is 12.6. The zero-order valence-electron chi connectivity index (χ0n) is 12.1. The van der Waals surface area contributed by atoms with E-state index in [0.717, 1.165) is 19.3 Å². The van der Waals surface area contributed by atoms with Crippen LogP contribution in [-0.4, -0.2) is 53.4 Å². The Balaban J connectivity index is 2.20. The van der Waals surface area contributed by atoms with Crippen LogP contribution in [-0.2, 0) is 4.74 Å². The van der Waals surface area contributed by atoms with Crippen molar-refractivity contribution in [3.63, 3.8) is 0 Å². The van der Waals surface area contributed by atoms with Gasteiger partial charge in [-0.3, -0.25) is 4.79 Å². The van der Waals surface area contributed by atoms with Crippen molar-refractivity contribution in [1.82, 2.24) is 4.90 Å². The monoisotopic (exact) mass is 357 g/mol. The number of amides is 1. The second-order valence-corrected chi connectivity index (χ2v) is 6.17. The SMILES string of the molecule is CO[C@@H]1CCC[C@@H](N(C)C(=O)c2cccc(Br)c2O)[C@H]1O. The molecule has 0 unspecified atom stereocenters. The summed E-state index contributed by atoms with van der Waals surface area (Å²) < 4.78 is 5.74. The fraction of sp³-hybridized carbons (Fsp3) is 0.533. The largest absolute Gasteiger partial charge is 0.506 e. The highest BCUT2D eigenvalue weighted by Crippen LogP contribution is 2.30. The molecule has 2 rings (SSSR count). The molecule has 1 fully saturated rings. The van der Waals surface area contributed by atoms with Gasteiger partial charge in [0, 0.05) is 14.2 Å². The molecule has 1 aliphatic rings. The van der Waals surface area contributed by atoms with Crippen molar-refractivity contribution in [3.05, 3.63) is 28.2 Å². The third-order valence-electron chi connectivity index (χ3n) is 4.10. The van der Waals surface area contributed by atoms with E-state index in [4.69, 9.17) is 4.74 Å². The van der Waals surface area contributed by atoms with E-state index in [0.29, 0.717) is 4.47 Å². The standard InChI is InChI=1S/C15H20BrNO4/c1-17(11-7-4-8-12(21-2)14(11)19)15(20)9-5-3-6-10(16)13(9)18/h3,5-6,11-12,14,18-19H,4,7-8H2,1-2H3/t11-,12-,14-/m1/s1. The Morgan fingerprint density at radius 3 is 2.81 bits per heavy atom. The molecule has 21 heavy (non-hydrogen) atoms. The van der Waals surface area contributed by atoms with Gasteiger partial charge in [-0.2, -0.15) is 0 Å². The molecule has 6 heteroatoms. The normalized spacial score (nSPS) is 25.6. The average Bonchev–Trinajstić information content (AvgIpc) is 2.49. The Bertz CT molecular complexity index is 522. The molecule has 0 bridgehead atoms. The minimum absolute atomic E-state index is 0.0806. The van der Waals surface area contributed by atoms with Crippen molar-refractivity contribution < 1.29 is 19.7 Å². The van der Waals surface area contributed by atoms with Crippen molar-refractivity contribution in [2.75, 3.05) is 14.2 Å². The summed E-state index contributed by atoms with van der Waals surface area (Å²) in [7, 11) is 3.22. The van der Waals surface area contributed by atoms with E-state index >= 15 is 0 Å². The van der Waals surface area contributed by atoms with Crippen LogP contribution in [0.4, 0.5) is 0 Å². The zero-order valence-corrected chi connectivity index (χ0v) is 13.7. The van der Waals surface area contributed by atoms with Gasteiger partial charge in [0.2, 0.25) is 0 Å². The third-order valence-corrected chi connectivity index (χ3v) is 4.74.